The van der Waals surface area contributed by atoms with Crippen molar-refractivity contribution < 1.29 is 0 Å². The molecule has 0 spiro atoms. The van der Waals surface area contributed by atoms with Crippen LogP contribution in [0.1, 0.15) is 35.3 Å². The molecule has 0 radical (unpaired) electrons. The monoisotopic (exact) mass is 291 g/mol. The van der Waals surface area contributed by atoms with Crippen LogP contribution in [0.5, 0.6) is 0 Å². The fourth-order valence-corrected chi connectivity index (χ4v) is 2.84. The van der Waals surface area contributed by atoms with Gasteiger partial charge in [0.05, 0.1) is 6.04 Å². The van der Waals surface area contributed by atoms with E-state index in [2.05, 4.69) is 24.1 Å². The van der Waals surface area contributed by atoms with E-state index in [1.165, 1.54) is 4.88 Å². The molecule has 1 atom stereocenters. The summed E-state index contributed by atoms with van der Waals surface area (Å²) in [6.45, 7) is 4.23. The number of benzene rings is 1. The third-order valence-electron chi connectivity index (χ3n) is 2.85. The minimum atomic E-state index is 0.140. The topological polar surface area (TPSA) is 50.9 Å². The minimum Gasteiger partial charge on any atom is -0.389 e. The molecule has 19 heavy (non-hydrogen) atoms. The van der Waals surface area contributed by atoms with Gasteiger partial charge in [-0.2, -0.15) is 0 Å². The van der Waals surface area contributed by atoms with Crippen LogP contribution >= 0.6 is 23.6 Å². The highest BCUT2D eigenvalue weighted by molar-refractivity contribution is 7.80. The van der Waals surface area contributed by atoms with Gasteiger partial charge in [-0.15, -0.1) is 11.3 Å². The number of thiocarbonyl (C=S) groups is 1. The van der Waals surface area contributed by atoms with Gasteiger partial charge in [-0.3, -0.25) is 0 Å². The maximum atomic E-state index is 5.73. The Balaban J connectivity index is 2.19. The number of nitrogens with zero attached hydrogens (tertiary/aromatic N) is 1. The van der Waals surface area contributed by atoms with Gasteiger partial charge in [0.15, 0.2) is 0 Å². The zero-order valence-electron chi connectivity index (χ0n) is 11.0. The quantitative estimate of drug-likeness (QED) is 0.828. The maximum absolute atomic E-state index is 5.73. The van der Waals surface area contributed by atoms with Crippen molar-refractivity contribution in [1.29, 1.82) is 0 Å². The van der Waals surface area contributed by atoms with Crippen LogP contribution in [-0.2, 0) is 6.42 Å². The number of anilines is 1. The third-order valence-corrected chi connectivity index (χ3v) is 4.40. The average Bonchev–Trinajstić information content (AvgIpc) is 2.88. The lowest BCUT2D eigenvalue weighted by atomic mass is 10.1. The molecule has 3 N–H and O–H groups in total. The number of para-hydroxylation sites is 1. The number of aromatic nitrogens is 1. The Morgan fingerprint density at radius 2 is 2.21 bits per heavy atom. The second-order valence-corrected chi connectivity index (χ2v) is 5.88. The molecule has 0 aliphatic carbocycles. The van der Waals surface area contributed by atoms with Crippen molar-refractivity contribution in [2.75, 3.05) is 5.32 Å². The smallest absolute Gasteiger partial charge is 0.115 e. The normalized spacial score (nSPS) is 12.1. The second-order valence-electron chi connectivity index (χ2n) is 4.29. The molecule has 2 rings (SSSR count). The van der Waals surface area contributed by atoms with Gasteiger partial charge >= 0.3 is 0 Å². The van der Waals surface area contributed by atoms with Crippen LogP contribution in [0.15, 0.2) is 30.5 Å². The Bertz CT molecular complexity index is 578. The lowest BCUT2D eigenvalue weighted by Crippen LogP contribution is -2.14. The van der Waals surface area contributed by atoms with Crippen molar-refractivity contribution in [3.63, 3.8) is 0 Å². The van der Waals surface area contributed by atoms with Crippen LogP contribution < -0.4 is 11.1 Å². The molecule has 0 saturated heterocycles. The molecule has 0 amide bonds. The molecule has 3 nitrogen and oxygen atoms in total. The van der Waals surface area contributed by atoms with E-state index in [0.717, 1.165) is 22.7 Å². The van der Waals surface area contributed by atoms with Crippen molar-refractivity contribution in [1.82, 2.24) is 4.98 Å². The molecular formula is C14H17N3S2. The molecule has 0 fully saturated rings. The Labute approximate surface area is 122 Å². The summed E-state index contributed by atoms with van der Waals surface area (Å²) >= 11 is 6.80. The number of nitrogens with one attached hydrogen (secondary N) is 1. The SMILES string of the molecule is CCc1cnc(C(C)Nc2ccccc2C(N)=S)s1. The van der Waals surface area contributed by atoms with E-state index in [1.54, 1.807) is 11.3 Å². The minimum absolute atomic E-state index is 0.140. The van der Waals surface area contributed by atoms with Gasteiger partial charge in [0.25, 0.3) is 0 Å². The molecule has 0 saturated carbocycles. The summed E-state index contributed by atoms with van der Waals surface area (Å²) < 4.78 is 0. The number of nitrogens with two attached hydrogens (primary N) is 1. The van der Waals surface area contributed by atoms with Gasteiger partial charge in [-0.1, -0.05) is 31.3 Å². The number of hydrogen-bond acceptors (Lipinski definition) is 4. The lowest BCUT2D eigenvalue weighted by Gasteiger charge is -2.15. The lowest BCUT2D eigenvalue weighted by molar-refractivity contribution is 0.869. The highest BCUT2D eigenvalue weighted by Gasteiger charge is 2.12. The molecule has 0 aliphatic rings. The molecule has 0 aliphatic heterocycles. The maximum Gasteiger partial charge on any atom is 0.115 e. The summed E-state index contributed by atoms with van der Waals surface area (Å²) in [4.78, 5) is 6.15. The van der Waals surface area contributed by atoms with Crippen LogP contribution in [0.25, 0.3) is 0 Å². The van der Waals surface area contributed by atoms with Crippen molar-refractivity contribution >= 4 is 34.2 Å². The average molecular weight is 291 g/mol. The molecule has 1 aromatic carbocycles. The highest BCUT2D eigenvalue weighted by atomic mass is 32.1. The number of hydrogen-bond donors (Lipinski definition) is 2. The van der Waals surface area contributed by atoms with Crippen molar-refractivity contribution in [2.45, 2.75) is 26.3 Å². The molecule has 1 unspecified atom stereocenters. The van der Waals surface area contributed by atoms with Crippen LogP contribution in [0, 0.1) is 0 Å². The van der Waals surface area contributed by atoms with E-state index in [0.29, 0.717) is 4.99 Å². The number of thiazole rings is 1. The molecule has 0 bridgehead atoms. The fourth-order valence-electron chi connectivity index (χ4n) is 1.81. The highest BCUT2D eigenvalue weighted by Crippen LogP contribution is 2.25. The zero-order valence-corrected chi connectivity index (χ0v) is 12.6. The first-order valence-corrected chi connectivity index (χ1v) is 7.44. The summed E-state index contributed by atoms with van der Waals surface area (Å²) in [5.41, 5.74) is 7.56. The van der Waals surface area contributed by atoms with Crippen LogP contribution in [0.2, 0.25) is 0 Å². The van der Waals surface area contributed by atoms with Gasteiger partial charge < -0.3 is 11.1 Å². The Hall–Kier alpha value is -1.46. The summed E-state index contributed by atoms with van der Waals surface area (Å²) in [7, 11) is 0. The van der Waals surface area contributed by atoms with Crippen LogP contribution in [0.3, 0.4) is 0 Å². The van der Waals surface area contributed by atoms with Crippen LogP contribution in [-0.4, -0.2) is 9.97 Å². The summed E-state index contributed by atoms with van der Waals surface area (Å²) in [5.74, 6) is 0. The van der Waals surface area contributed by atoms with E-state index in [1.807, 2.05) is 30.5 Å². The molecule has 2 aromatic rings. The van der Waals surface area contributed by atoms with Gasteiger partial charge in [0.1, 0.15) is 10.00 Å². The van der Waals surface area contributed by atoms with E-state index in [9.17, 15) is 0 Å². The molecule has 1 aromatic heterocycles. The summed E-state index contributed by atoms with van der Waals surface area (Å²) in [6, 6.07) is 7.95. The van der Waals surface area contributed by atoms with Gasteiger partial charge in [0, 0.05) is 22.3 Å². The van der Waals surface area contributed by atoms with E-state index >= 15 is 0 Å². The van der Waals surface area contributed by atoms with Gasteiger partial charge in [-0.05, 0) is 25.5 Å². The zero-order chi connectivity index (χ0) is 13.8. The number of aryl methyl sites for hydroxylation is 1. The van der Waals surface area contributed by atoms with E-state index in [-0.39, 0.29) is 6.04 Å². The molecule has 1 heterocycles. The predicted molar refractivity (Wildman–Crippen MR) is 85.9 cm³/mol. The number of rotatable bonds is 5. The second kappa shape index (κ2) is 6.12. The molecule has 5 heteroatoms. The predicted octanol–water partition coefficient (Wildman–Crippen LogP) is 3.51. The molecular weight excluding hydrogens is 274 g/mol. The fraction of sp³-hybridized carbons (Fsp3) is 0.286. The first-order valence-electron chi connectivity index (χ1n) is 6.21. The van der Waals surface area contributed by atoms with Crippen molar-refractivity contribution in [3.8, 4) is 0 Å². The Kier molecular flexibility index (Phi) is 4.50. The first kappa shape index (κ1) is 14.0. The summed E-state index contributed by atoms with van der Waals surface area (Å²) in [6.07, 6.45) is 2.96. The standard InChI is InChI=1S/C14H17N3S2/c1-3-10-8-16-14(19-10)9(2)17-12-7-5-4-6-11(12)13(15)18/h4-9,17H,3H2,1-2H3,(H2,15,18). The Morgan fingerprint density at radius 1 is 1.47 bits per heavy atom. The van der Waals surface area contributed by atoms with E-state index < -0.39 is 0 Å². The third kappa shape index (κ3) is 3.30. The van der Waals surface area contributed by atoms with Crippen molar-refractivity contribution in [3.05, 3.63) is 45.9 Å². The van der Waals surface area contributed by atoms with Crippen molar-refractivity contribution in [2.24, 2.45) is 5.73 Å². The summed E-state index contributed by atoms with van der Waals surface area (Å²) in [5, 5.41) is 4.50. The van der Waals surface area contributed by atoms with E-state index in [4.69, 9.17) is 18.0 Å². The first-order chi connectivity index (χ1) is 9.11. The van der Waals surface area contributed by atoms with Gasteiger partial charge in [-0.25, -0.2) is 4.98 Å². The Morgan fingerprint density at radius 3 is 2.84 bits per heavy atom. The van der Waals surface area contributed by atoms with Gasteiger partial charge in [0.2, 0.25) is 0 Å². The largest absolute Gasteiger partial charge is 0.389 e. The molecule has 100 valence electrons. The van der Waals surface area contributed by atoms with Crippen LogP contribution in [0.4, 0.5) is 5.69 Å².